The molecule has 92 valence electrons. The third-order valence-electron chi connectivity index (χ3n) is 1.86. The van der Waals surface area contributed by atoms with Gasteiger partial charge < -0.3 is 0 Å². The molecule has 1 rings (SSSR count). The monoisotopic (exact) mass is 256 g/mol. The molecule has 0 amide bonds. The Morgan fingerprint density at radius 2 is 1.69 bits per heavy atom. The number of hydrogen-bond acceptors (Lipinski definition) is 0. The molecule has 0 fully saturated rings. The van der Waals surface area contributed by atoms with Crippen LogP contribution in [-0.2, 0) is 12.6 Å². The van der Waals surface area contributed by atoms with Gasteiger partial charge in [-0.3, -0.25) is 0 Å². The molecule has 0 nitrogen and oxygen atoms in total. The summed E-state index contributed by atoms with van der Waals surface area (Å²) in [4.78, 5) is 0. The van der Waals surface area contributed by atoms with Gasteiger partial charge >= 0.3 is 6.18 Å². The molecule has 0 bridgehead atoms. The average Bonchev–Trinajstić information content (AvgIpc) is 2.23. The summed E-state index contributed by atoms with van der Waals surface area (Å²) < 4.78 is 50.2. The van der Waals surface area contributed by atoms with E-state index in [-0.39, 0.29) is 17.0 Å². The van der Waals surface area contributed by atoms with Crippen LogP contribution in [0.1, 0.15) is 31.9 Å². The number of rotatable bonds is 1. The van der Waals surface area contributed by atoms with Gasteiger partial charge in [-0.25, -0.2) is 4.39 Å². The van der Waals surface area contributed by atoms with Gasteiger partial charge in [-0.05, 0) is 18.6 Å². The van der Waals surface area contributed by atoms with Crippen molar-refractivity contribution in [1.29, 1.82) is 0 Å². The minimum atomic E-state index is -4.53. The summed E-state index contributed by atoms with van der Waals surface area (Å²) in [6.45, 7) is 5.45. The molecule has 1 aromatic carbocycles. The maximum absolute atomic E-state index is 13.2. The summed E-state index contributed by atoms with van der Waals surface area (Å²) in [7, 11) is 0. The summed E-state index contributed by atoms with van der Waals surface area (Å²) in [5, 5.41) is -0.283. The van der Waals surface area contributed by atoms with Crippen LogP contribution in [-0.4, -0.2) is 0 Å². The van der Waals surface area contributed by atoms with Crippen LogP contribution in [0, 0.1) is 5.82 Å². The molecule has 0 saturated carbocycles. The van der Waals surface area contributed by atoms with E-state index in [1.54, 1.807) is 0 Å². The van der Waals surface area contributed by atoms with Crippen LogP contribution in [0.5, 0.6) is 0 Å². The molecule has 0 atom stereocenters. The van der Waals surface area contributed by atoms with Crippen LogP contribution in [0.4, 0.5) is 17.6 Å². The van der Waals surface area contributed by atoms with Crippen molar-refractivity contribution in [2.24, 2.45) is 0 Å². The smallest absolute Gasteiger partial charge is 0.205 e. The lowest BCUT2D eigenvalue weighted by molar-refractivity contribution is -0.138. The van der Waals surface area contributed by atoms with E-state index >= 15 is 0 Å². The fraction of sp³-hybridized carbons (Fsp3) is 0.455. The number of alkyl halides is 3. The van der Waals surface area contributed by atoms with E-state index in [0.29, 0.717) is 0 Å². The zero-order valence-corrected chi connectivity index (χ0v) is 10.0. The van der Waals surface area contributed by atoms with Gasteiger partial charge in [-0.2, -0.15) is 13.2 Å². The largest absolute Gasteiger partial charge is 0.416 e. The van der Waals surface area contributed by atoms with Gasteiger partial charge in [0.25, 0.3) is 0 Å². The Bertz CT molecular complexity index is 345. The first kappa shape index (κ1) is 15.2. The SMILES string of the molecule is CC.CCc1c(C(F)(F)F)ccc(Cl)c1F. The highest BCUT2D eigenvalue weighted by Gasteiger charge is 2.34. The third kappa shape index (κ3) is 3.37. The van der Waals surface area contributed by atoms with E-state index in [1.807, 2.05) is 13.8 Å². The van der Waals surface area contributed by atoms with Crippen LogP contribution in [0.3, 0.4) is 0 Å². The first-order chi connectivity index (χ1) is 7.38. The van der Waals surface area contributed by atoms with Crippen molar-refractivity contribution >= 4 is 11.6 Å². The van der Waals surface area contributed by atoms with Crippen molar-refractivity contribution in [3.05, 3.63) is 34.1 Å². The molecule has 5 heteroatoms. The highest BCUT2D eigenvalue weighted by Crippen LogP contribution is 2.35. The molecule has 0 aromatic heterocycles. The topological polar surface area (TPSA) is 0 Å². The molecule has 0 unspecified atom stereocenters. The first-order valence-corrected chi connectivity index (χ1v) is 5.29. The van der Waals surface area contributed by atoms with Crippen molar-refractivity contribution in [1.82, 2.24) is 0 Å². The van der Waals surface area contributed by atoms with Gasteiger partial charge in [0.15, 0.2) is 0 Å². The summed E-state index contributed by atoms with van der Waals surface area (Å²) in [6, 6.07) is 1.71. The number of halogens is 5. The lowest BCUT2D eigenvalue weighted by Gasteiger charge is -2.12. The van der Waals surface area contributed by atoms with Crippen LogP contribution >= 0.6 is 11.6 Å². The molecule has 0 radical (unpaired) electrons. The van der Waals surface area contributed by atoms with Gasteiger partial charge in [-0.15, -0.1) is 0 Å². The van der Waals surface area contributed by atoms with Crippen LogP contribution < -0.4 is 0 Å². The Morgan fingerprint density at radius 3 is 2.06 bits per heavy atom. The Morgan fingerprint density at radius 1 is 1.19 bits per heavy atom. The van der Waals surface area contributed by atoms with Crippen LogP contribution in [0.15, 0.2) is 12.1 Å². The molecule has 0 aliphatic rings. The van der Waals surface area contributed by atoms with Gasteiger partial charge in [0.05, 0.1) is 10.6 Å². The van der Waals surface area contributed by atoms with E-state index in [4.69, 9.17) is 11.6 Å². The second-order valence-corrected chi connectivity index (χ2v) is 3.15. The highest BCUT2D eigenvalue weighted by atomic mass is 35.5. The molecule has 0 aliphatic carbocycles. The summed E-state index contributed by atoms with van der Waals surface area (Å²) in [5.41, 5.74) is -1.34. The fourth-order valence-electron chi connectivity index (χ4n) is 1.20. The maximum atomic E-state index is 13.2. The van der Waals surface area contributed by atoms with E-state index in [9.17, 15) is 17.6 Å². The van der Waals surface area contributed by atoms with Gasteiger partial charge in [0, 0.05) is 5.56 Å². The van der Waals surface area contributed by atoms with Gasteiger partial charge in [0.2, 0.25) is 0 Å². The van der Waals surface area contributed by atoms with Gasteiger partial charge in [0.1, 0.15) is 5.82 Å². The van der Waals surface area contributed by atoms with E-state index < -0.39 is 17.6 Å². The van der Waals surface area contributed by atoms with Crippen LogP contribution in [0.2, 0.25) is 5.02 Å². The fourth-order valence-corrected chi connectivity index (χ4v) is 1.38. The normalized spacial score (nSPS) is 10.8. The van der Waals surface area contributed by atoms with Crippen molar-refractivity contribution < 1.29 is 17.6 Å². The molecular formula is C11H13ClF4. The zero-order valence-electron chi connectivity index (χ0n) is 9.25. The molecule has 16 heavy (non-hydrogen) atoms. The molecule has 0 spiro atoms. The van der Waals surface area contributed by atoms with Crippen molar-refractivity contribution in [3.8, 4) is 0 Å². The van der Waals surface area contributed by atoms with Crippen LogP contribution in [0.25, 0.3) is 0 Å². The first-order valence-electron chi connectivity index (χ1n) is 4.92. The molecule has 1 aromatic rings. The second kappa shape index (κ2) is 6.09. The molecule has 0 N–H and O–H groups in total. The number of hydrogen-bond donors (Lipinski definition) is 0. The molecule has 0 heterocycles. The average molecular weight is 257 g/mol. The summed E-state index contributed by atoms with van der Waals surface area (Å²) >= 11 is 5.37. The highest BCUT2D eigenvalue weighted by molar-refractivity contribution is 6.30. The minimum absolute atomic E-state index is 0.0404. The Kier molecular flexibility index (Phi) is 5.79. The zero-order chi connectivity index (χ0) is 12.9. The Labute approximate surface area is 97.2 Å². The lowest BCUT2D eigenvalue weighted by Crippen LogP contribution is -2.10. The van der Waals surface area contributed by atoms with Crippen molar-refractivity contribution in [2.45, 2.75) is 33.4 Å². The summed E-state index contributed by atoms with van der Waals surface area (Å²) in [6.07, 6.45) is -4.57. The van der Waals surface area contributed by atoms with Gasteiger partial charge in [-0.1, -0.05) is 32.4 Å². The Balaban J connectivity index is 0.00000106. The second-order valence-electron chi connectivity index (χ2n) is 2.74. The predicted octanol–water partition coefficient (Wildman–Crippen LogP) is 5.09. The quantitative estimate of drug-likeness (QED) is 0.614. The lowest BCUT2D eigenvalue weighted by atomic mass is 10.0. The van der Waals surface area contributed by atoms with E-state index in [2.05, 4.69) is 0 Å². The standard InChI is InChI=1S/C9H7ClF4.C2H6/c1-2-5-6(9(12,13)14)3-4-7(10)8(5)11;1-2/h3-4H,2H2,1H3;1-2H3. The number of benzene rings is 1. The molecule has 0 aliphatic heterocycles. The predicted molar refractivity (Wildman–Crippen MR) is 57.1 cm³/mol. The third-order valence-corrected chi connectivity index (χ3v) is 2.15. The van der Waals surface area contributed by atoms with Crippen molar-refractivity contribution in [2.75, 3.05) is 0 Å². The minimum Gasteiger partial charge on any atom is -0.205 e. The van der Waals surface area contributed by atoms with Crippen molar-refractivity contribution in [3.63, 3.8) is 0 Å². The Hall–Kier alpha value is -0.770. The molecular weight excluding hydrogens is 244 g/mol. The van der Waals surface area contributed by atoms with E-state index in [0.717, 1.165) is 12.1 Å². The summed E-state index contributed by atoms with van der Waals surface area (Å²) in [5.74, 6) is -0.982. The maximum Gasteiger partial charge on any atom is 0.416 e. The molecule has 0 saturated heterocycles. The van der Waals surface area contributed by atoms with E-state index in [1.165, 1.54) is 6.92 Å².